The summed E-state index contributed by atoms with van der Waals surface area (Å²) in [6, 6.07) is 16.4. The highest BCUT2D eigenvalue weighted by Crippen LogP contribution is 2.25. The summed E-state index contributed by atoms with van der Waals surface area (Å²) in [4.78, 5) is 32.3. The van der Waals surface area contributed by atoms with Crippen LogP contribution in [0.5, 0.6) is 0 Å². The van der Waals surface area contributed by atoms with Crippen LogP contribution < -0.4 is 5.43 Å². The van der Waals surface area contributed by atoms with Crippen molar-refractivity contribution in [2.24, 2.45) is 0 Å². The molecule has 2 heterocycles. The largest absolute Gasteiger partial charge is 0.463 e. The van der Waals surface area contributed by atoms with Gasteiger partial charge in [-0.3, -0.25) is 9.59 Å². The van der Waals surface area contributed by atoms with E-state index < -0.39 is 0 Å². The molecular formula is C22H18N2O3S. The molecule has 5 nitrogen and oxygen atoms in total. The number of carbonyl (C=O) groups excluding carboxylic acids is 1. The van der Waals surface area contributed by atoms with Gasteiger partial charge in [0.2, 0.25) is 5.43 Å². The number of thiazole rings is 1. The smallest absolute Gasteiger partial charge is 0.261 e. The summed E-state index contributed by atoms with van der Waals surface area (Å²) in [6.07, 6.45) is 2.97. The molecular weight excluding hydrogens is 372 g/mol. The second kappa shape index (κ2) is 7.78. The fraction of sp³-hybridized carbons (Fsp3) is 0.136. The summed E-state index contributed by atoms with van der Waals surface area (Å²) < 4.78 is 5.56. The Kier molecular flexibility index (Phi) is 5.04. The van der Waals surface area contributed by atoms with Gasteiger partial charge in [-0.15, -0.1) is 11.3 Å². The molecule has 0 N–H and O–H groups in total. The van der Waals surface area contributed by atoms with E-state index in [0.717, 1.165) is 10.6 Å². The van der Waals surface area contributed by atoms with Crippen molar-refractivity contribution in [3.05, 3.63) is 98.8 Å². The van der Waals surface area contributed by atoms with Crippen molar-refractivity contribution in [1.29, 1.82) is 0 Å². The fourth-order valence-electron chi connectivity index (χ4n) is 3.15. The molecule has 1 unspecified atom stereocenters. The van der Waals surface area contributed by atoms with Crippen LogP contribution in [0.25, 0.3) is 11.0 Å². The molecule has 0 aliphatic rings. The van der Waals surface area contributed by atoms with Crippen LogP contribution in [0.4, 0.5) is 0 Å². The average molecular weight is 390 g/mol. The first kappa shape index (κ1) is 18.1. The number of aromatic nitrogens is 1. The fourth-order valence-corrected chi connectivity index (χ4v) is 3.77. The molecule has 1 amide bonds. The molecule has 1 atom stereocenters. The van der Waals surface area contributed by atoms with E-state index in [-0.39, 0.29) is 22.9 Å². The van der Waals surface area contributed by atoms with E-state index in [2.05, 4.69) is 4.98 Å². The lowest BCUT2D eigenvalue weighted by atomic mass is 10.1. The maximum atomic E-state index is 13.4. The van der Waals surface area contributed by atoms with Gasteiger partial charge in [0.15, 0.2) is 0 Å². The monoisotopic (exact) mass is 390 g/mol. The van der Waals surface area contributed by atoms with Crippen LogP contribution in [0, 0.1) is 0 Å². The molecule has 2 aromatic heterocycles. The number of hydrogen-bond donors (Lipinski definition) is 0. The van der Waals surface area contributed by atoms with Crippen molar-refractivity contribution < 1.29 is 9.21 Å². The number of nitrogens with zero attached hydrogens (tertiary/aromatic N) is 2. The van der Waals surface area contributed by atoms with Gasteiger partial charge in [0, 0.05) is 11.6 Å². The second-order valence-corrected chi connectivity index (χ2v) is 7.40. The minimum Gasteiger partial charge on any atom is -0.463 e. The molecule has 0 saturated carbocycles. The average Bonchev–Trinajstić information content (AvgIpc) is 3.25. The van der Waals surface area contributed by atoms with Crippen molar-refractivity contribution in [1.82, 2.24) is 9.88 Å². The number of benzene rings is 2. The van der Waals surface area contributed by atoms with Crippen molar-refractivity contribution in [3.8, 4) is 0 Å². The van der Waals surface area contributed by atoms with Crippen LogP contribution in [-0.4, -0.2) is 15.8 Å². The first-order valence-corrected chi connectivity index (χ1v) is 9.78. The van der Waals surface area contributed by atoms with Crippen LogP contribution >= 0.6 is 11.3 Å². The van der Waals surface area contributed by atoms with Gasteiger partial charge in [-0.1, -0.05) is 42.5 Å². The van der Waals surface area contributed by atoms with Gasteiger partial charge >= 0.3 is 0 Å². The number of hydrogen-bond acceptors (Lipinski definition) is 5. The predicted octanol–water partition coefficient (Wildman–Crippen LogP) is 4.65. The van der Waals surface area contributed by atoms with Crippen molar-refractivity contribution in [2.45, 2.75) is 19.5 Å². The lowest BCUT2D eigenvalue weighted by Gasteiger charge is -2.28. The maximum Gasteiger partial charge on any atom is 0.261 e. The van der Waals surface area contributed by atoms with Gasteiger partial charge in [0.05, 0.1) is 18.0 Å². The summed E-state index contributed by atoms with van der Waals surface area (Å²) in [5, 5.41) is 3.08. The minimum absolute atomic E-state index is 0.0260. The Labute approximate surface area is 165 Å². The number of rotatable bonds is 5. The Balaban J connectivity index is 1.76. The van der Waals surface area contributed by atoms with E-state index in [9.17, 15) is 9.59 Å². The summed E-state index contributed by atoms with van der Waals surface area (Å²) in [6.45, 7) is 2.27. The molecule has 2 aromatic carbocycles. The summed E-state index contributed by atoms with van der Waals surface area (Å²) in [5.41, 5.74) is 1.15. The Hall–Kier alpha value is -3.25. The van der Waals surface area contributed by atoms with E-state index in [1.54, 1.807) is 35.4 Å². The van der Waals surface area contributed by atoms with Crippen LogP contribution in [0.15, 0.2) is 81.6 Å². The van der Waals surface area contributed by atoms with Crippen molar-refractivity contribution in [3.63, 3.8) is 0 Å². The Bertz CT molecular complexity index is 1150. The zero-order valence-electron chi connectivity index (χ0n) is 15.2. The third-order valence-electron chi connectivity index (χ3n) is 4.71. The molecule has 4 aromatic rings. The van der Waals surface area contributed by atoms with E-state index in [1.165, 1.54) is 17.6 Å². The number of para-hydroxylation sites is 1. The molecule has 0 bridgehead atoms. The topological polar surface area (TPSA) is 63.4 Å². The van der Waals surface area contributed by atoms with E-state index >= 15 is 0 Å². The van der Waals surface area contributed by atoms with Gasteiger partial charge in [-0.05, 0) is 24.6 Å². The molecule has 0 fully saturated rings. The standard InChI is InChI=1S/C22H18N2O3S/c1-15(16-7-3-2-4-8-16)24(13-20-23-11-12-28-20)22(26)18-14-27-19-10-6-5-9-17(19)21(18)25/h2-12,14-15H,13H2,1H3. The van der Waals surface area contributed by atoms with Crippen LogP contribution in [0.1, 0.15) is 33.9 Å². The minimum atomic E-state index is -0.369. The highest BCUT2D eigenvalue weighted by Gasteiger charge is 2.26. The quantitative estimate of drug-likeness (QED) is 0.497. The SMILES string of the molecule is CC(c1ccccc1)N(Cc1nccs1)C(=O)c1coc2ccccc2c1=O. The maximum absolute atomic E-state index is 13.4. The van der Waals surface area contributed by atoms with E-state index in [1.807, 2.05) is 42.6 Å². The molecule has 4 rings (SSSR count). The molecule has 140 valence electrons. The first-order chi connectivity index (χ1) is 13.6. The van der Waals surface area contributed by atoms with Gasteiger partial charge in [0.1, 0.15) is 22.4 Å². The normalized spacial score (nSPS) is 12.0. The number of amides is 1. The van der Waals surface area contributed by atoms with Gasteiger partial charge in [0.25, 0.3) is 5.91 Å². The molecule has 0 aliphatic carbocycles. The summed E-state index contributed by atoms with van der Waals surface area (Å²) in [5.74, 6) is -0.369. The zero-order valence-corrected chi connectivity index (χ0v) is 16.1. The molecule has 28 heavy (non-hydrogen) atoms. The van der Waals surface area contributed by atoms with E-state index in [4.69, 9.17) is 4.42 Å². The van der Waals surface area contributed by atoms with E-state index in [0.29, 0.717) is 17.5 Å². The summed E-state index contributed by atoms with van der Waals surface area (Å²) in [7, 11) is 0. The molecule has 0 radical (unpaired) electrons. The van der Waals surface area contributed by atoms with Crippen molar-refractivity contribution in [2.75, 3.05) is 0 Å². The van der Waals surface area contributed by atoms with Crippen LogP contribution in [0.3, 0.4) is 0 Å². The van der Waals surface area contributed by atoms with Crippen molar-refractivity contribution >= 4 is 28.2 Å². The third-order valence-corrected chi connectivity index (χ3v) is 5.47. The lowest BCUT2D eigenvalue weighted by molar-refractivity contribution is 0.0670. The Morgan fingerprint density at radius 2 is 1.89 bits per heavy atom. The third kappa shape index (κ3) is 3.46. The molecule has 6 heteroatoms. The Morgan fingerprint density at radius 3 is 2.64 bits per heavy atom. The van der Waals surface area contributed by atoms with Crippen LogP contribution in [-0.2, 0) is 6.54 Å². The summed E-state index contributed by atoms with van der Waals surface area (Å²) >= 11 is 1.48. The van der Waals surface area contributed by atoms with Gasteiger partial charge < -0.3 is 9.32 Å². The molecule has 0 saturated heterocycles. The lowest BCUT2D eigenvalue weighted by Crippen LogP contribution is -2.35. The predicted molar refractivity (Wildman–Crippen MR) is 109 cm³/mol. The van der Waals surface area contributed by atoms with Crippen LogP contribution in [0.2, 0.25) is 0 Å². The van der Waals surface area contributed by atoms with Gasteiger partial charge in [-0.2, -0.15) is 0 Å². The highest BCUT2D eigenvalue weighted by molar-refractivity contribution is 7.09. The zero-order chi connectivity index (χ0) is 19.5. The number of carbonyl (C=O) groups is 1. The second-order valence-electron chi connectivity index (χ2n) is 6.42. The highest BCUT2D eigenvalue weighted by atomic mass is 32.1. The first-order valence-electron chi connectivity index (χ1n) is 8.90. The van der Waals surface area contributed by atoms with Gasteiger partial charge in [-0.25, -0.2) is 4.98 Å². The molecule has 0 aliphatic heterocycles. The Morgan fingerprint density at radius 1 is 1.14 bits per heavy atom. The number of fused-ring (bicyclic) bond motifs is 1. The molecule has 0 spiro atoms.